The third-order valence-electron chi connectivity index (χ3n) is 0.680. The predicted octanol–water partition coefficient (Wildman–Crippen LogP) is 1.24. The Morgan fingerprint density at radius 3 is 2.50 bits per heavy atom. The molecule has 0 spiro atoms. The minimum absolute atomic E-state index is 0.218. The van der Waals surface area contributed by atoms with Crippen molar-refractivity contribution in [1.82, 2.24) is 0 Å². The maximum Gasteiger partial charge on any atom is 0.252 e. The van der Waals surface area contributed by atoms with Crippen molar-refractivity contribution in [2.75, 3.05) is 12.7 Å². The Hall–Kier alpha value is 0.250. The van der Waals surface area contributed by atoms with Gasteiger partial charge in [0, 0.05) is 0 Å². The van der Waals surface area contributed by atoms with Gasteiger partial charge < -0.3 is 5.73 Å². The van der Waals surface area contributed by atoms with E-state index in [1.807, 2.05) is 0 Å². The lowest BCUT2D eigenvalue weighted by atomic mass is 10.5. The molecule has 0 radical (unpaired) electrons. The first-order valence-corrected chi connectivity index (χ1v) is 3.77. The monoisotopic (exact) mass is 141 g/mol. The van der Waals surface area contributed by atoms with Gasteiger partial charge in [-0.15, -0.1) is 0 Å². The van der Waals surface area contributed by atoms with Gasteiger partial charge >= 0.3 is 0 Å². The molecule has 1 atom stereocenters. The van der Waals surface area contributed by atoms with Crippen molar-refractivity contribution >= 4 is 8.58 Å². The SMILES string of the molecule is NCCCPC(F)F. The van der Waals surface area contributed by atoms with E-state index in [2.05, 4.69) is 0 Å². The lowest BCUT2D eigenvalue weighted by molar-refractivity contribution is 0.248. The minimum Gasteiger partial charge on any atom is -0.330 e. The molecule has 0 saturated heterocycles. The second kappa shape index (κ2) is 5.39. The minimum atomic E-state index is -2.12. The molecular formula is C4H10F2NP. The van der Waals surface area contributed by atoms with E-state index in [9.17, 15) is 8.78 Å². The van der Waals surface area contributed by atoms with Crippen LogP contribution in [0.15, 0.2) is 0 Å². The zero-order valence-corrected chi connectivity index (χ0v) is 5.53. The third-order valence-corrected chi connectivity index (χ3v) is 1.63. The molecular weight excluding hydrogens is 131 g/mol. The highest BCUT2D eigenvalue weighted by Gasteiger charge is 1.98. The van der Waals surface area contributed by atoms with Gasteiger partial charge in [-0.05, 0) is 19.1 Å². The first kappa shape index (κ1) is 8.25. The molecule has 4 heteroatoms. The Morgan fingerprint density at radius 2 is 2.12 bits per heavy atom. The van der Waals surface area contributed by atoms with Crippen molar-refractivity contribution in [2.45, 2.75) is 12.6 Å². The van der Waals surface area contributed by atoms with Crippen LogP contribution in [-0.4, -0.2) is 18.9 Å². The van der Waals surface area contributed by atoms with Gasteiger partial charge in [-0.2, -0.15) is 0 Å². The van der Waals surface area contributed by atoms with Crippen molar-refractivity contribution in [3.05, 3.63) is 0 Å². The molecule has 1 nitrogen and oxygen atoms in total. The van der Waals surface area contributed by atoms with Crippen LogP contribution in [0.3, 0.4) is 0 Å². The van der Waals surface area contributed by atoms with Crippen LogP contribution in [0.25, 0.3) is 0 Å². The summed E-state index contributed by atoms with van der Waals surface area (Å²) >= 11 is 0. The van der Waals surface area contributed by atoms with Gasteiger partial charge in [0.1, 0.15) is 0 Å². The maximum absolute atomic E-state index is 11.3. The summed E-state index contributed by atoms with van der Waals surface area (Å²) in [5, 5.41) is 0. The van der Waals surface area contributed by atoms with Gasteiger partial charge in [-0.1, -0.05) is 8.58 Å². The van der Waals surface area contributed by atoms with E-state index in [1.165, 1.54) is 0 Å². The molecule has 1 unspecified atom stereocenters. The van der Waals surface area contributed by atoms with Gasteiger partial charge in [-0.25, -0.2) is 8.78 Å². The molecule has 0 fully saturated rings. The van der Waals surface area contributed by atoms with E-state index < -0.39 is 6.17 Å². The van der Waals surface area contributed by atoms with Crippen molar-refractivity contribution in [3.63, 3.8) is 0 Å². The van der Waals surface area contributed by atoms with Crippen LogP contribution >= 0.6 is 8.58 Å². The van der Waals surface area contributed by atoms with Crippen molar-refractivity contribution in [2.24, 2.45) is 5.73 Å². The molecule has 0 aliphatic rings. The molecule has 0 amide bonds. The number of alkyl halides is 2. The fourth-order valence-corrected chi connectivity index (χ4v) is 0.940. The number of hydrogen-bond acceptors (Lipinski definition) is 1. The quantitative estimate of drug-likeness (QED) is 0.462. The summed E-state index contributed by atoms with van der Waals surface area (Å²) in [6.07, 6.45) is -0.821. The zero-order chi connectivity index (χ0) is 6.41. The highest BCUT2D eigenvalue weighted by molar-refractivity contribution is 7.38. The molecule has 0 bridgehead atoms. The van der Waals surface area contributed by atoms with Gasteiger partial charge in [0.2, 0.25) is 0 Å². The van der Waals surface area contributed by atoms with Gasteiger partial charge in [0.15, 0.2) is 0 Å². The molecule has 0 aromatic carbocycles. The average molecular weight is 141 g/mol. The Morgan fingerprint density at radius 1 is 1.50 bits per heavy atom. The van der Waals surface area contributed by atoms with Crippen LogP contribution in [0.1, 0.15) is 6.42 Å². The lowest BCUT2D eigenvalue weighted by Crippen LogP contribution is -1.99. The van der Waals surface area contributed by atoms with Gasteiger partial charge in [-0.3, -0.25) is 0 Å². The molecule has 0 rings (SSSR count). The molecule has 0 aliphatic carbocycles. The summed E-state index contributed by atoms with van der Waals surface area (Å²) in [7, 11) is -0.218. The van der Waals surface area contributed by atoms with Gasteiger partial charge in [0.25, 0.3) is 6.17 Å². The van der Waals surface area contributed by atoms with Crippen LogP contribution in [0.4, 0.5) is 8.78 Å². The van der Waals surface area contributed by atoms with Crippen LogP contribution in [-0.2, 0) is 0 Å². The van der Waals surface area contributed by atoms with E-state index in [0.29, 0.717) is 12.7 Å². The molecule has 50 valence electrons. The van der Waals surface area contributed by atoms with Crippen LogP contribution in [0.5, 0.6) is 0 Å². The maximum atomic E-state index is 11.3. The van der Waals surface area contributed by atoms with E-state index in [-0.39, 0.29) is 8.58 Å². The highest BCUT2D eigenvalue weighted by atomic mass is 31.1. The zero-order valence-electron chi connectivity index (χ0n) is 4.53. The molecule has 0 saturated carbocycles. The molecule has 0 heterocycles. The number of nitrogens with two attached hydrogens (primary N) is 1. The summed E-state index contributed by atoms with van der Waals surface area (Å²) in [6.45, 7) is 0.528. The van der Waals surface area contributed by atoms with Crippen molar-refractivity contribution < 1.29 is 8.78 Å². The fourth-order valence-electron chi connectivity index (χ4n) is 0.313. The Balaban J connectivity index is 2.72. The Bertz CT molecular complexity index is 51.3. The highest BCUT2D eigenvalue weighted by Crippen LogP contribution is 2.21. The Kier molecular flexibility index (Phi) is 5.56. The molecule has 0 aromatic rings. The van der Waals surface area contributed by atoms with Crippen molar-refractivity contribution in [1.29, 1.82) is 0 Å². The number of halogens is 2. The summed E-state index contributed by atoms with van der Waals surface area (Å²) in [5.74, 6) is 0. The lowest BCUT2D eigenvalue weighted by Gasteiger charge is -1.95. The number of rotatable bonds is 4. The summed E-state index contributed by atoms with van der Waals surface area (Å²) in [5.41, 5.74) is 5.07. The normalized spacial score (nSPS) is 12.0. The molecule has 8 heavy (non-hydrogen) atoms. The van der Waals surface area contributed by atoms with Gasteiger partial charge in [0.05, 0.1) is 0 Å². The van der Waals surface area contributed by atoms with E-state index in [0.717, 1.165) is 6.42 Å². The topological polar surface area (TPSA) is 26.0 Å². The molecule has 2 N–H and O–H groups in total. The summed E-state index contributed by atoms with van der Waals surface area (Å²) in [6, 6.07) is 0. The molecule has 0 aromatic heterocycles. The van der Waals surface area contributed by atoms with Crippen LogP contribution in [0.2, 0.25) is 0 Å². The van der Waals surface area contributed by atoms with Crippen LogP contribution in [0, 0.1) is 0 Å². The van der Waals surface area contributed by atoms with Crippen molar-refractivity contribution in [3.8, 4) is 0 Å². The first-order chi connectivity index (χ1) is 3.77. The van der Waals surface area contributed by atoms with E-state index >= 15 is 0 Å². The number of hydrogen-bond donors (Lipinski definition) is 1. The standard InChI is InChI=1S/C4H10F2NP/c5-4(6)8-3-1-2-7/h4,8H,1-3,7H2. The smallest absolute Gasteiger partial charge is 0.252 e. The second-order valence-corrected chi connectivity index (χ2v) is 2.74. The second-order valence-electron chi connectivity index (χ2n) is 1.40. The summed E-state index contributed by atoms with van der Waals surface area (Å²) < 4.78 is 22.7. The average Bonchev–Trinajstić information content (AvgIpc) is 1.66. The van der Waals surface area contributed by atoms with E-state index in [4.69, 9.17) is 5.73 Å². The third kappa shape index (κ3) is 6.25. The summed E-state index contributed by atoms with van der Waals surface area (Å²) in [4.78, 5) is 0. The van der Waals surface area contributed by atoms with Crippen LogP contribution < -0.4 is 5.73 Å². The largest absolute Gasteiger partial charge is 0.330 e. The molecule has 0 aliphatic heterocycles. The first-order valence-electron chi connectivity index (χ1n) is 2.49. The Labute approximate surface area is 49.4 Å². The predicted molar refractivity (Wildman–Crippen MR) is 32.9 cm³/mol. The fraction of sp³-hybridized carbons (Fsp3) is 1.00. The van der Waals surface area contributed by atoms with E-state index in [1.54, 1.807) is 0 Å².